The summed E-state index contributed by atoms with van der Waals surface area (Å²) in [5.41, 5.74) is 4.01. The van der Waals surface area contributed by atoms with Crippen molar-refractivity contribution >= 4 is 0 Å². The number of nitrogens with zero attached hydrogens (tertiary/aromatic N) is 1. The van der Waals surface area contributed by atoms with E-state index in [1.54, 1.807) is 0 Å². The Kier molecular flexibility index (Phi) is 2.16. The summed E-state index contributed by atoms with van der Waals surface area (Å²) in [5.74, 6) is 0.894. The third-order valence-corrected chi connectivity index (χ3v) is 3.65. The van der Waals surface area contributed by atoms with Crippen LogP contribution in [0.1, 0.15) is 40.0 Å². The molecule has 2 rings (SSSR count). The summed E-state index contributed by atoms with van der Waals surface area (Å²) < 4.78 is 0. The number of hydrazine groups is 1. The van der Waals surface area contributed by atoms with Gasteiger partial charge in [0.1, 0.15) is 0 Å². The smallest absolute Gasteiger partial charge is 0.0332 e. The summed E-state index contributed by atoms with van der Waals surface area (Å²) in [6.45, 7) is 7.07. The Morgan fingerprint density at radius 3 is 2.54 bits per heavy atom. The van der Waals surface area contributed by atoms with E-state index < -0.39 is 0 Å². The monoisotopic (exact) mass is 182 g/mol. The van der Waals surface area contributed by atoms with Crippen molar-refractivity contribution in [2.75, 3.05) is 7.05 Å². The highest BCUT2D eigenvalue weighted by Crippen LogP contribution is 2.42. The minimum Gasteiger partial charge on any atom is -0.252 e. The van der Waals surface area contributed by atoms with Crippen molar-refractivity contribution in [3.63, 3.8) is 0 Å². The summed E-state index contributed by atoms with van der Waals surface area (Å²) in [5, 5.41) is 2.36. The topological polar surface area (TPSA) is 15.3 Å². The molecule has 3 unspecified atom stereocenters. The van der Waals surface area contributed by atoms with Crippen LogP contribution in [0, 0.1) is 11.3 Å². The number of nitrogens with one attached hydrogen (secondary N) is 1. The largest absolute Gasteiger partial charge is 0.252 e. The van der Waals surface area contributed by atoms with Crippen molar-refractivity contribution in [1.82, 2.24) is 10.4 Å². The average molecular weight is 182 g/mol. The lowest BCUT2D eigenvalue weighted by molar-refractivity contribution is 0.105. The predicted octanol–water partition coefficient (Wildman–Crippen LogP) is 2.02. The fourth-order valence-electron chi connectivity index (χ4n) is 3.38. The summed E-state index contributed by atoms with van der Waals surface area (Å²) in [6, 6.07) is 1.49. The van der Waals surface area contributed by atoms with Crippen LogP contribution in [0.25, 0.3) is 0 Å². The van der Waals surface area contributed by atoms with Crippen molar-refractivity contribution in [3.8, 4) is 0 Å². The number of hydrogen-bond acceptors (Lipinski definition) is 2. The van der Waals surface area contributed by atoms with Gasteiger partial charge in [0.2, 0.25) is 0 Å². The van der Waals surface area contributed by atoms with Crippen molar-refractivity contribution in [2.24, 2.45) is 11.3 Å². The Hall–Kier alpha value is -0.0800. The molecule has 1 saturated heterocycles. The van der Waals surface area contributed by atoms with Crippen LogP contribution >= 0.6 is 0 Å². The standard InChI is InChI=1S/C11H22N2/c1-11(2,3)10-8-6-5-7-9(8)12-13(10)4/h8-10,12H,5-7H2,1-4H3. The van der Waals surface area contributed by atoms with Gasteiger partial charge in [-0.25, -0.2) is 5.01 Å². The fraction of sp³-hybridized carbons (Fsp3) is 1.00. The van der Waals surface area contributed by atoms with Crippen LogP contribution in [-0.4, -0.2) is 24.1 Å². The fourth-order valence-corrected chi connectivity index (χ4v) is 3.38. The molecule has 1 aliphatic carbocycles. The quantitative estimate of drug-likeness (QED) is 0.616. The molecular formula is C11H22N2. The predicted molar refractivity (Wildman–Crippen MR) is 55.3 cm³/mol. The van der Waals surface area contributed by atoms with E-state index >= 15 is 0 Å². The van der Waals surface area contributed by atoms with Gasteiger partial charge in [0.05, 0.1) is 0 Å². The number of hydrogen-bond donors (Lipinski definition) is 1. The Bertz CT molecular complexity index is 195. The van der Waals surface area contributed by atoms with Crippen LogP contribution in [0.5, 0.6) is 0 Å². The summed E-state index contributed by atoms with van der Waals surface area (Å²) in [7, 11) is 2.20. The maximum Gasteiger partial charge on any atom is 0.0332 e. The van der Waals surface area contributed by atoms with Crippen molar-refractivity contribution in [1.29, 1.82) is 0 Å². The molecule has 1 heterocycles. The van der Waals surface area contributed by atoms with Crippen molar-refractivity contribution < 1.29 is 0 Å². The first kappa shape index (κ1) is 9.47. The lowest BCUT2D eigenvalue weighted by Crippen LogP contribution is -2.43. The molecule has 3 atom stereocenters. The Balaban J connectivity index is 2.17. The maximum atomic E-state index is 3.61. The first-order valence-electron chi connectivity index (χ1n) is 5.49. The maximum absolute atomic E-state index is 3.61. The molecule has 2 fully saturated rings. The highest BCUT2D eigenvalue weighted by Gasteiger charge is 2.47. The van der Waals surface area contributed by atoms with Crippen LogP contribution in [-0.2, 0) is 0 Å². The van der Waals surface area contributed by atoms with Gasteiger partial charge >= 0.3 is 0 Å². The molecule has 0 bridgehead atoms. The first-order valence-corrected chi connectivity index (χ1v) is 5.49. The van der Waals surface area contributed by atoms with Crippen LogP contribution in [0.3, 0.4) is 0 Å². The van der Waals surface area contributed by atoms with E-state index in [2.05, 4.69) is 38.3 Å². The van der Waals surface area contributed by atoms with Gasteiger partial charge in [-0.2, -0.15) is 0 Å². The van der Waals surface area contributed by atoms with Gasteiger partial charge in [0.25, 0.3) is 0 Å². The lowest BCUT2D eigenvalue weighted by Gasteiger charge is -2.35. The third kappa shape index (κ3) is 1.50. The molecule has 2 heteroatoms. The zero-order valence-electron chi connectivity index (χ0n) is 9.30. The first-order chi connectivity index (χ1) is 6.00. The van der Waals surface area contributed by atoms with E-state index in [1.807, 2.05) is 0 Å². The zero-order valence-corrected chi connectivity index (χ0v) is 9.30. The van der Waals surface area contributed by atoms with Gasteiger partial charge in [0, 0.05) is 19.1 Å². The van der Waals surface area contributed by atoms with Crippen molar-refractivity contribution in [3.05, 3.63) is 0 Å². The second kappa shape index (κ2) is 2.96. The van der Waals surface area contributed by atoms with Gasteiger partial charge in [-0.1, -0.05) is 27.2 Å². The third-order valence-electron chi connectivity index (χ3n) is 3.65. The van der Waals surface area contributed by atoms with E-state index in [0.29, 0.717) is 5.41 Å². The molecule has 13 heavy (non-hydrogen) atoms. The van der Waals surface area contributed by atoms with E-state index in [1.165, 1.54) is 19.3 Å². The zero-order chi connectivity index (χ0) is 9.64. The lowest BCUT2D eigenvalue weighted by atomic mass is 9.78. The average Bonchev–Trinajstić information content (AvgIpc) is 2.41. The van der Waals surface area contributed by atoms with Crippen LogP contribution in [0.2, 0.25) is 0 Å². The minimum atomic E-state index is 0.408. The highest BCUT2D eigenvalue weighted by molar-refractivity contribution is 5.00. The van der Waals surface area contributed by atoms with Crippen LogP contribution in [0.4, 0.5) is 0 Å². The van der Waals surface area contributed by atoms with Crippen molar-refractivity contribution in [2.45, 2.75) is 52.1 Å². The molecule has 0 radical (unpaired) electrons. The summed E-state index contributed by atoms with van der Waals surface area (Å²) in [4.78, 5) is 0. The molecule has 2 aliphatic rings. The number of rotatable bonds is 0. The molecule has 0 spiro atoms. The van der Waals surface area contributed by atoms with Gasteiger partial charge in [-0.3, -0.25) is 5.43 Å². The second-order valence-electron chi connectivity index (χ2n) is 5.75. The van der Waals surface area contributed by atoms with Gasteiger partial charge in [0.15, 0.2) is 0 Å². The normalized spacial score (nSPS) is 41.1. The molecule has 0 aromatic rings. The summed E-state index contributed by atoms with van der Waals surface area (Å²) >= 11 is 0. The molecule has 0 amide bonds. The highest BCUT2D eigenvalue weighted by atomic mass is 15.6. The summed E-state index contributed by atoms with van der Waals surface area (Å²) in [6.07, 6.45) is 4.22. The SMILES string of the molecule is CN1NC2CCCC2C1C(C)(C)C. The molecule has 0 aromatic heterocycles. The van der Waals surface area contributed by atoms with Gasteiger partial charge < -0.3 is 0 Å². The van der Waals surface area contributed by atoms with Gasteiger partial charge in [-0.15, -0.1) is 0 Å². The van der Waals surface area contributed by atoms with Gasteiger partial charge in [-0.05, 0) is 24.2 Å². The van der Waals surface area contributed by atoms with Crippen LogP contribution in [0.15, 0.2) is 0 Å². The molecule has 76 valence electrons. The number of fused-ring (bicyclic) bond motifs is 1. The van der Waals surface area contributed by atoms with E-state index in [-0.39, 0.29) is 0 Å². The molecule has 1 saturated carbocycles. The van der Waals surface area contributed by atoms with E-state index in [9.17, 15) is 0 Å². The van der Waals surface area contributed by atoms with E-state index in [4.69, 9.17) is 0 Å². The van der Waals surface area contributed by atoms with Crippen LogP contribution < -0.4 is 5.43 Å². The Morgan fingerprint density at radius 2 is 1.92 bits per heavy atom. The second-order valence-corrected chi connectivity index (χ2v) is 5.75. The Labute approximate surface area is 81.7 Å². The Morgan fingerprint density at radius 1 is 1.23 bits per heavy atom. The molecule has 1 N–H and O–H groups in total. The van der Waals surface area contributed by atoms with E-state index in [0.717, 1.165) is 18.0 Å². The molecule has 2 nitrogen and oxygen atoms in total. The minimum absolute atomic E-state index is 0.408. The molecular weight excluding hydrogens is 160 g/mol. The molecule has 0 aromatic carbocycles. The molecule has 1 aliphatic heterocycles.